The summed E-state index contributed by atoms with van der Waals surface area (Å²) in [7, 11) is 0. The van der Waals surface area contributed by atoms with Gasteiger partial charge in [0.2, 0.25) is 5.91 Å². The molecule has 1 atom stereocenters. The molecular formula is C17H23NO5. The maximum Gasteiger partial charge on any atom is 0.315 e. The maximum atomic E-state index is 11.6. The lowest BCUT2D eigenvalue weighted by molar-refractivity contribution is -0.146. The Hall–Kier alpha value is -1.92. The number of aliphatic carboxylic acids is 1. The third-order valence-electron chi connectivity index (χ3n) is 3.91. The second-order valence-electron chi connectivity index (χ2n) is 5.72. The molecule has 0 aromatic heterocycles. The van der Waals surface area contributed by atoms with Crippen molar-refractivity contribution < 1.29 is 24.2 Å². The number of amides is 1. The molecule has 1 aromatic carbocycles. The Morgan fingerprint density at radius 2 is 1.87 bits per heavy atom. The van der Waals surface area contributed by atoms with E-state index in [9.17, 15) is 9.59 Å². The number of benzene rings is 1. The number of rotatable bonds is 7. The molecule has 1 saturated heterocycles. The van der Waals surface area contributed by atoms with Crippen molar-refractivity contribution in [2.24, 2.45) is 5.92 Å². The largest absolute Gasteiger partial charge is 0.481 e. The summed E-state index contributed by atoms with van der Waals surface area (Å²) in [5, 5.41) is 11.4. The van der Waals surface area contributed by atoms with Crippen LogP contribution in [0.4, 0.5) is 0 Å². The van der Waals surface area contributed by atoms with Crippen LogP contribution in [0.1, 0.15) is 30.9 Å². The van der Waals surface area contributed by atoms with Crippen molar-refractivity contribution in [2.75, 3.05) is 13.2 Å². The first-order valence-electron chi connectivity index (χ1n) is 7.84. The number of carbonyl (C=O) groups is 2. The summed E-state index contributed by atoms with van der Waals surface area (Å²) in [6.45, 7) is 3.77. The second kappa shape index (κ2) is 8.64. The number of carboxylic acids is 1. The average Bonchev–Trinajstić information content (AvgIpc) is 2.59. The van der Waals surface area contributed by atoms with E-state index in [0.29, 0.717) is 13.2 Å². The minimum Gasteiger partial charge on any atom is -0.481 e. The number of carboxylic acid groups (broad SMARTS) is 1. The topological polar surface area (TPSA) is 84.9 Å². The van der Waals surface area contributed by atoms with Gasteiger partial charge in [0.15, 0.2) is 0 Å². The zero-order valence-electron chi connectivity index (χ0n) is 13.3. The Balaban J connectivity index is 1.75. The van der Waals surface area contributed by atoms with Crippen LogP contribution in [0, 0.1) is 5.92 Å². The number of ether oxygens (including phenoxy) is 2. The highest BCUT2D eigenvalue weighted by atomic mass is 16.5. The lowest BCUT2D eigenvalue weighted by Gasteiger charge is -2.22. The van der Waals surface area contributed by atoms with E-state index in [1.54, 1.807) is 0 Å². The van der Waals surface area contributed by atoms with E-state index in [1.807, 2.05) is 24.3 Å². The first-order valence-corrected chi connectivity index (χ1v) is 7.84. The van der Waals surface area contributed by atoms with E-state index < -0.39 is 17.8 Å². The van der Waals surface area contributed by atoms with Crippen LogP contribution in [0.3, 0.4) is 0 Å². The molecule has 0 aliphatic carbocycles. The Labute approximate surface area is 135 Å². The Bertz CT molecular complexity index is 522. The molecule has 6 nitrogen and oxygen atoms in total. The van der Waals surface area contributed by atoms with E-state index in [1.165, 1.54) is 6.92 Å². The smallest absolute Gasteiger partial charge is 0.315 e. The summed E-state index contributed by atoms with van der Waals surface area (Å²) < 4.78 is 11.1. The molecule has 23 heavy (non-hydrogen) atoms. The van der Waals surface area contributed by atoms with E-state index in [4.69, 9.17) is 14.6 Å². The fraction of sp³-hybridized carbons (Fsp3) is 0.529. The fourth-order valence-electron chi connectivity index (χ4n) is 2.26. The number of nitrogens with one attached hydrogen (secondary N) is 1. The van der Waals surface area contributed by atoms with Crippen LogP contribution in [0.15, 0.2) is 24.3 Å². The summed E-state index contributed by atoms with van der Waals surface area (Å²) >= 11 is 0. The van der Waals surface area contributed by atoms with Gasteiger partial charge < -0.3 is 19.9 Å². The highest BCUT2D eigenvalue weighted by Gasteiger charge is 2.19. The predicted octanol–water partition coefficient (Wildman–Crippen LogP) is 1.72. The standard InChI is InChI=1S/C17H23NO5/c1-12(17(20)21)16(19)18-10-13-2-4-14(5-3-13)11-23-15-6-8-22-9-7-15/h2-5,12,15H,6-11H2,1H3,(H,18,19)(H,20,21). The van der Waals surface area contributed by atoms with E-state index in [2.05, 4.69) is 5.32 Å². The van der Waals surface area contributed by atoms with Crippen LogP contribution < -0.4 is 5.32 Å². The van der Waals surface area contributed by atoms with Crippen molar-refractivity contribution in [1.82, 2.24) is 5.32 Å². The molecule has 1 amide bonds. The normalized spacial score (nSPS) is 16.7. The third kappa shape index (κ3) is 5.65. The van der Waals surface area contributed by atoms with Gasteiger partial charge in [0.25, 0.3) is 0 Å². The van der Waals surface area contributed by atoms with Gasteiger partial charge in [-0.15, -0.1) is 0 Å². The number of carbonyl (C=O) groups excluding carboxylic acids is 1. The van der Waals surface area contributed by atoms with Gasteiger partial charge in [0.1, 0.15) is 5.92 Å². The Morgan fingerprint density at radius 3 is 2.48 bits per heavy atom. The fourth-order valence-corrected chi connectivity index (χ4v) is 2.26. The SMILES string of the molecule is CC(C(=O)O)C(=O)NCc1ccc(COC2CCOCC2)cc1. The van der Waals surface area contributed by atoms with Crippen molar-refractivity contribution in [3.8, 4) is 0 Å². The lowest BCUT2D eigenvalue weighted by Crippen LogP contribution is -2.33. The summed E-state index contributed by atoms with van der Waals surface area (Å²) in [6.07, 6.45) is 2.14. The summed E-state index contributed by atoms with van der Waals surface area (Å²) in [6, 6.07) is 7.74. The quantitative estimate of drug-likeness (QED) is 0.747. The first-order chi connectivity index (χ1) is 11.1. The van der Waals surface area contributed by atoms with E-state index in [-0.39, 0.29) is 6.10 Å². The monoisotopic (exact) mass is 321 g/mol. The molecule has 0 bridgehead atoms. The van der Waals surface area contributed by atoms with Gasteiger partial charge in [-0.2, -0.15) is 0 Å². The van der Waals surface area contributed by atoms with Crippen LogP contribution in [0.2, 0.25) is 0 Å². The minimum absolute atomic E-state index is 0.264. The molecule has 1 unspecified atom stereocenters. The van der Waals surface area contributed by atoms with Gasteiger partial charge in [-0.1, -0.05) is 24.3 Å². The summed E-state index contributed by atoms with van der Waals surface area (Å²) in [4.78, 5) is 22.3. The lowest BCUT2D eigenvalue weighted by atomic mass is 10.1. The molecule has 1 aromatic rings. The Morgan fingerprint density at radius 1 is 1.26 bits per heavy atom. The molecule has 1 fully saturated rings. The van der Waals surface area contributed by atoms with Gasteiger partial charge in [0, 0.05) is 19.8 Å². The van der Waals surface area contributed by atoms with Crippen LogP contribution in [0.25, 0.3) is 0 Å². The molecule has 1 aliphatic heterocycles. The van der Waals surface area contributed by atoms with Crippen LogP contribution in [-0.2, 0) is 32.2 Å². The molecule has 126 valence electrons. The molecular weight excluding hydrogens is 298 g/mol. The number of hydrogen-bond donors (Lipinski definition) is 2. The van der Waals surface area contributed by atoms with Crippen molar-refractivity contribution in [2.45, 2.75) is 39.0 Å². The first kappa shape index (κ1) is 17.4. The number of hydrogen-bond acceptors (Lipinski definition) is 4. The average molecular weight is 321 g/mol. The molecule has 0 saturated carbocycles. The molecule has 0 spiro atoms. The molecule has 2 rings (SSSR count). The highest BCUT2D eigenvalue weighted by Crippen LogP contribution is 2.14. The second-order valence-corrected chi connectivity index (χ2v) is 5.72. The van der Waals surface area contributed by atoms with Gasteiger partial charge in [0.05, 0.1) is 12.7 Å². The Kier molecular flexibility index (Phi) is 6.55. The summed E-state index contributed by atoms with van der Waals surface area (Å²) in [5.74, 6) is -2.64. The molecule has 1 aliphatic rings. The van der Waals surface area contributed by atoms with E-state index in [0.717, 1.165) is 37.2 Å². The minimum atomic E-state index is -1.12. The highest BCUT2D eigenvalue weighted by molar-refractivity contribution is 5.96. The molecule has 6 heteroatoms. The van der Waals surface area contributed by atoms with Crippen LogP contribution >= 0.6 is 0 Å². The van der Waals surface area contributed by atoms with Crippen molar-refractivity contribution in [3.63, 3.8) is 0 Å². The maximum absolute atomic E-state index is 11.6. The zero-order chi connectivity index (χ0) is 16.7. The van der Waals surface area contributed by atoms with Gasteiger partial charge in [-0.25, -0.2) is 0 Å². The van der Waals surface area contributed by atoms with Crippen LogP contribution in [0.5, 0.6) is 0 Å². The van der Waals surface area contributed by atoms with Gasteiger partial charge >= 0.3 is 5.97 Å². The van der Waals surface area contributed by atoms with Gasteiger partial charge in [-0.05, 0) is 30.9 Å². The molecule has 0 radical (unpaired) electrons. The van der Waals surface area contributed by atoms with Crippen molar-refractivity contribution >= 4 is 11.9 Å². The van der Waals surface area contributed by atoms with E-state index >= 15 is 0 Å². The van der Waals surface area contributed by atoms with Gasteiger partial charge in [-0.3, -0.25) is 9.59 Å². The molecule has 1 heterocycles. The molecule has 2 N–H and O–H groups in total. The summed E-state index contributed by atoms with van der Waals surface area (Å²) in [5.41, 5.74) is 2.00. The van der Waals surface area contributed by atoms with Crippen LogP contribution in [-0.4, -0.2) is 36.3 Å². The van der Waals surface area contributed by atoms with Crippen molar-refractivity contribution in [1.29, 1.82) is 0 Å². The van der Waals surface area contributed by atoms with Crippen molar-refractivity contribution in [3.05, 3.63) is 35.4 Å². The third-order valence-corrected chi connectivity index (χ3v) is 3.91. The zero-order valence-corrected chi connectivity index (χ0v) is 13.3. The predicted molar refractivity (Wildman–Crippen MR) is 83.7 cm³/mol.